The molecule has 2 aliphatic carbocycles. The standard InChI is InChI=1S/C76H80N6O8/c1-37(2)45-21-17-22-46(38(3)4)69(45)87-65-29-53-54(30-66(65)88-70-47(39(5)6)23-18-24-48(70)40(7)8)74-78-58-34-60(64(86)36-62(58)84)80-76-56-32-68(90-72-51(43(13)14)27-20-28-52(72)44(15)16)67(89-71-49(41(9)10)25-19-26-50(71)42(11)12)31-55(56)75(82-76)79-59-33-57(77-73(53)81-74)61(83)35-63(59)85/h17-44,83,86H,1-16H3,(H,77,78,81)(H,79,80,82). The molecule has 0 unspecified atom stereocenters. The van der Waals surface area contributed by atoms with Crippen LogP contribution < -0.4 is 18.9 Å². The van der Waals surface area contributed by atoms with E-state index in [0.29, 0.717) is 67.5 Å². The van der Waals surface area contributed by atoms with Crippen molar-refractivity contribution in [2.75, 3.05) is 0 Å². The number of benzene rings is 6. The van der Waals surface area contributed by atoms with E-state index < -0.39 is 23.1 Å². The molecule has 14 nitrogen and oxygen atoms in total. The average Bonchev–Trinajstić information content (AvgIpc) is 1.57. The monoisotopic (exact) mass is 1200 g/mol. The summed E-state index contributed by atoms with van der Waals surface area (Å²) in [5.41, 5.74) is 8.72. The van der Waals surface area contributed by atoms with Crippen molar-refractivity contribution in [3.63, 3.8) is 0 Å². The summed E-state index contributed by atoms with van der Waals surface area (Å²) in [5, 5.41) is 25.5. The maximum absolute atomic E-state index is 14.3. The van der Waals surface area contributed by atoms with Gasteiger partial charge in [-0.2, -0.15) is 0 Å². The molecular formula is C76H80N6O8. The first-order chi connectivity index (χ1) is 42.8. The van der Waals surface area contributed by atoms with Gasteiger partial charge in [0.25, 0.3) is 0 Å². The molecule has 0 spiro atoms. The van der Waals surface area contributed by atoms with Gasteiger partial charge in [0.2, 0.25) is 11.6 Å². The highest BCUT2D eigenvalue weighted by Crippen LogP contribution is 2.49. The summed E-state index contributed by atoms with van der Waals surface area (Å²) in [6.45, 7) is 34.1. The number of fused-ring (bicyclic) bond motifs is 14. The van der Waals surface area contributed by atoms with Crippen LogP contribution in [0.3, 0.4) is 0 Å². The highest BCUT2D eigenvalue weighted by Gasteiger charge is 2.28. The molecule has 0 saturated carbocycles. The van der Waals surface area contributed by atoms with Crippen molar-refractivity contribution in [2.24, 2.45) is 0 Å². The second kappa shape index (κ2) is 24.8. The van der Waals surface area contributed by atoms with Gasteiger partial charge in [0.15, 0.2) is 23.0 Å². The van der Waals surface area contributed by atoms with E-state index in [-0.39, 0.29) is 92.7 Å². The molecule has 14 heteroatoms. The van der Waals surface area contributed by atoms with Crippen LogP contribution in [-0.2, 0) is 0 Å². The van der Waals surface area contributed by atoms with Gasteiger partial charge in [-0.3, -0.25) is 9.59 Å². The fraction of sp³-hybridized carbons (Fsp3) is 0.316. The van der Waals surface area contributed by atoms with E-state index in [2.05, 4.69) is 194 Å². The summed E-state index contributed by atoms with van der Waals surface area (Å²) in [5.74, 6) is 3.00. The number of carbonyl (C=O) groups excluding carboxylic acids is 2. The lowest BCUT2D eigenvalue weighted by Gasteiger charge is -2.23. The van der Waals surface area contributed by atoms with Crippen molar-refractivity contribution < 1.29 is 38.7 Å². The average molecular weight is 1210 g/mol. The van der Waals surface area contributed by atoms with E-state index in [1.807, 2.05) is 24.3 Å². The topological polar surface area (TPSA) is 195 Å². The number of aromatic amines is 2. The number of aliphatic hydroxyl groups excluding tert-OH is 2. The zero-order valence-electron chi connectivity index (χ0n) is 54.3. The largest absolute Gasteiger partial charge is 0.506 e. The zero-order valence-corrected chi connectivity index (χ0v) is 54.3. The first kappa shape index (κ1) is 62.1. The van der Waals surface area contributed by atoms with Gasteiger partial charge in [-0.25, -0.2) is 19.9 Å². The van der Waals surface area contributed by atoms with Gasteiger partial charge in [0, 0.05) is 33.7 Å². The highest BCUT2D eigenvalue weighted by molar-refractivity contribution is 6.13. The van der Waals surface area contributed by atoms with E-state index in [1.165, 1.54) is 12.1 Å². The molecule has 0 atom stereocenters. The third-order valence-electron chi connectivity index (χ3n) is 16.8. The van der Waals surface area contributed by atoms with Crippen LogP contribution in [0.4, 0.5) is 0 Å². The van der Waals surface area contributed by atoms with E-state index in [1.54, 1.807) is 0 Å². The number of rotatable bonds is 16. The van der Waals surface area contributed by atoms with Crippen LogP contribution in [0.2, 0.25) is 0 Å². The molecule has 462 valence electrons. The first-order valence-corrected chi connectivity index (χ1v) is 31.4. The number of hydrogen-bond donors (Lipinski definition) is 4. The first-order valence-electron chi connectivity index (χ1n) is 31.4. The Morgan fingerprint density at radius 2 is 0.511 bits per heavy atom. The number of para-hydroxylation sites is 4. The molecule has 0 radical (unpaired) electrons. The van der Waals surface area contributed by atoms with Crippen molar-refractivity contribution in [2.45, 2.75) is 158 Å². The molecule has 3 heterocycles. The van der Waals surface area contributed by atoms with Crippen molar-refractivity contribution in [1.29, 1.82) is 0 Å². The molecule has 0 amide bonds. The van der Waals surface area contributed by atoms with Gasteiger partial charge in [0.1, 0.15) is 79.9 Å². The van der Waals surface area contributed by atoms with Crippen LogP contribution in [0.25, 0.3) is 55.7 Å². The predicted molar refractivity (Wildman–Crippen MR) is 360 cm³/mol. The van der Waals surface area contributed by atoms with Crippen LogP contribution in [-0.4, -0.2) is 51.7 Å². The number of aromatic nitrogens is 6. The maximum Gasteiger partial charge on any atom is 0.208 e. The number of allylic oxidation sites excluding steroid dienone is 2. The molecular weight excluding hydrogens is 1120 g/mol. The smallest absolute Gasteiger partial charge is 0.208 e. The number of nitrogens with one attached hydrogen (secondary N) is 2. The Balaban J connectivity index is 1.24. The predicted octanol–water partition coefficient (Wildman–Crippen LogP) is 21.1. The lowest BCUT2D eigenvalue weighted by Crippen LogP contribution is -2.06. The molecule has 2 aliphatic rings. The quantitative estimate of drug-likeness (QED) is 0.0716. The molecule has 90 heavy (non-hydrogen) atoms. The van der Waals surface area contributed by atoms with E-state index in [9.17, 15) is 19.8 Å². The van der Waals surface area contributed by atoms with E-state index in [4.69, 9.17) is 38.9 Å². The number of carbonyl (C=O) groups is 2. The minimum atomic E-state index is -0.589. The van der Waals surface area contributed by atoms with Crippen LogP contribution in [0, 0.1) is 0 Å². The third kappa shape index (κ3) is 11.9. The van der Waals surface area contributed by atoms with E-state index >= 15 is 0 Å². The van der Waals surface area contributed by atoms with Crippen molar-refractivity contribution in [1.82, 2.24) is 29.9 Å². The maximum atomic E-state index is 14.3. The van der Waals surface area contributed by atoms with Crippen LogP contribution in [0.1, 0.15) is 235 Å². The van der Waals surface area contributed by atoms with Gasteiger partial charge in [-0.15, -0.1) is 0 Å². The van der Waals surface area contributed by atoms with Crippen LogP contribution in [0.15, 0.2) is 121 Å². The second-order valence-electron chi connectivity index (χ2n) is 26.1. The summed E-state index contributed by atoms with van der Waals surface area (Å²) in [6, 6.07) is 35.0. The van der Waals surface area contributed by atoms with Gasteiger partial charge in [0.05, 0.1) is 0 Å². The minimum Gasteiger partial charge on any atom is -0.506 e. The minimum absolute atomic E-state index is 0.00539. The normalized spacial score (nSPS) is 13.1. The molecule has 0 fully saturated rings. The molecule has 4 N–H and O–H groups in total. The Hall–Kier alpha value is -9.56. The van der Waals surface area contributed by atoms with Gasteiger partial charge in [-0.05, 0) is 128 Å². The van der Waals surface area contributed by atoms with Crippen molar-refractivity contribution in [3.05, 3.63) is 189 Å². The Labute approximate surface area is 526 Å². The van der Waals surface area contributed by atoms with Crippen molar-refractivity contribution >= 4 is 67.2 Å². The van der Waals surface area contributed by atoms with Crippen molar-refractivity contribution in [3.8, 4) is 46.0 Å². The van der Waals surface area contributed by atoms with Gasteiger partial charge >= 0.3 is 0 Å². The molecule has 0 aliphatic heterocycles. The molecule has 6 aromatic carbocycles. The van der Waals surface area contributed by atoms with Crippen LogP contribution >= 0.6 is 0 Å². The highest BCUT2D eigenvalue weighted by atomic mass is 16.5. The number of hydrogen-bond acceptors (Lipinski definition) is 12. The summed E-state index contributed by atoms with van der Waals surface area (Å²) >= 11 is 0. The molecule has 3 aromatic heterocycles. The number of H-pyrrole nitrogens is 2. The Bertz CT molecular complexity index is 4200. The van der Waals surface area contributed by atoms with Gasteiger partial charge < -0.3 is 39.1 Å². The fourth-order valence-corrected chi connectivity index (χ4v) is 11.8. The van der Waals surface area contributed by atoms with Gasteiger partial charge in [-0.1, -0.05) is 184 Å². The fourth-order valence-electron chi connectivity index (χ4n) is 11.8. The molecule has 11 rings (SSSR count). The second-order valence-corrected chi connectivity index (χ2v) is 26.1. The zero-order chi connectivity index (χ0) is 64.3. The Morgan fingerprint density at radius 3 is 0.711 bits per heavy atom. The van der Waals surface area contributed by atoms with E-state index in [0.717, 1.165) is 56.7 Å². The third-order valence-corrected chi connectivity index (χ3v) is 16.8. The number of aliphatic hydroxyl groups is 2. The molecule has 9 aromatic rings. The summed E-state index contributed by atoms with van der Waals surface area (Å²) in [6.07, 6.45) is 2.18. The number of nitrogens with zero attached hydrogens (tertiary/aromatic N) is 4. The lowest BCUT2D eigenvalue weighted by atomic mass is 9.94. The lowest BCUT2D eigenvalue weighted by molar-refractivity contribution is 0.103. The summed E-state index contributed by atoms with van der Waals surface area (Å²) in [4.78, 5) is 55.6. The Morgan fingerprint density at radius 1 is 0.311 bits per heavy atom. The Kier molecular flexibility index (Phi) is 17.1. The molecule has 8 bridgehead atoms. The van der Waals surface area contributed by atoms with Crippen LogP contribution in [0.5, 0.6) is 46.0 Å². The number of ether oxygens (including phenoxy) is 4. The number of ketones is 2. The summed E-state index contributed by atoms with van der Waals surface area (Å²) < 4.78 is 28.9. The SMILES string of the molecule is CC(C)c1cccc(C(C)C)c1Oc1cc2c3nc4cc(nc5[nH]c(nc6cc(nc([nH]3)c2cc1Oc1c(C(C)C)cccc1C(C)C)C(O)=CC6=O)c1cc(Oc2c(C(C)C)cccc2C(C)C)c(Oc2c(C(C)C)cccc2C(C)C)cc51)C(O)=CC4=O. The summed E-state index contributed by atoms with van der Waals surface area (Å²) in [7, 11) is 0. The molecule has 0 saturated heterocycles.